The molecule has 0 radical (unpaired) electrons. The molecule has 1 heterocycles. The van der Waals surface area contributed by atoms with Gasteiger partial charge in [0.2, 0.25) is 0 Å². The predicted octanol–water partition coefficient (Wildman–Crippen LogP) is 1.45. The second-order valence-electron chi connectivity index (χ2n) is 4.62. The normalized spacial score (nSPS) is 17.8. The van der Waals surface area contributed by atoms with Gasteiger partial charge in [-0.25, -0.2) is 4.79 Å². The van der Waals surface area contributed by atoms with E-state index in [1.54, 1.807) is 6.07 Å². The summed E-state index contributed by atoms with van der Waals surface area (Å²) in [6.45, 7) is 4.14. The summed E-state index contributed by atoms with van der Waals surface area (Å²) in [7, 11) is 0. The molecule has 110 valence electrons. The van der Waals surface area contributed by atoms with Crippen LogP contribution in [0.4, 0.5) is 10.5 Å². The van der Waals surface area contributed by atoms with Crippen molar-refractivity contribution in [3.05, 3.63) is 23.8 Å². The predicted molar refractivity (Wildman–Crippen MR) is 76.9 cm³/mol. The molecule has 20 heavy (non-hydrogen) atoms. The third-order valence-corrected chi connectivity index (χ3v) is 3.10. The molecular formula is C14H21N3O3. The van der Waals surface area contributed by atoms with Crippen LogP contribution in [0, 0.1) is 0 Å². The van der Waals surface area contributed by atoms with Crippen molar-refractivity contribution in [1.29, 1.82) is 0 Å². The average Bonchev–Trinajstić information content (AvgIpc) is 2.93. The maximum Gasteiger partial charge on any atom is 0.319 e. The summed E-state index contributed by atoms with van der Waals surface area (Å²) < 4.78 is 10.7. The molecule has 0 aliphatic carbocycles. The molecular weight excluding hydrogens is 258 g/mol. The monoisotopic (exact) mass is 279 g/mol. The zero-order chi connectivity index (χ0) is 14.4. The molecule has 1 saturated heterocycles. The Morgan fingerprint density at radius 2 is 2.40 bits per heavy atom. The number of benzene rings is 1. The minimum absolute atomic E-state index is 0.0895. The number of carbonyl (C=O) groups is 1. The van der Waals surface area contributed by atoms with Crippen molar-refractivity contribution >= 4 is 11.7 Å². The van der Waals surface area contributed by atoms with E-state index in [-0.39, 0.29) is 12.1 Å². The highest BCUT2D eigenvalue weighted by molar-refractivity contribution is 5.89. The summed E-state index contributed by atoms with van der Waals surface area (Å²) in [6, 6.07) is 5.31. The van der Waals surface area contributed by atoms with Gasteiger partial charge in [-0.3, -0.25) is 0 Å². The highest BCUT2D eigenvalue weighted by Crippen LogP contribution is 2.22. The van der Waals surface area contributed by atoms with Crippen LogP contribution in [0.25, 0.3) is 0 Å². The number of carbonyl (C=O) groups excluding carboxylic acids is 1. The molecule has 1 aromatic carbocycles. The van der Waals surface area contributed by atoms with Crippen LogP contribution in [0.3, 0.4) is 0 Å². The van der Waals surface area contributed by atoms with E-state index >= 15 is 0 Å². The summed E-state index contributed by atoms with van der Waals surface area (Å²) in [5.41, 5.74) is 7.26. The highest BCUT2D eigenvalue weighted by Gasteiger charge is 2.17. The second-order valence-corrected chi connectivity index (χ2v) is 4.62. The van der Waals surface area contributed by atoms with Crippen LogP contribution in [-0.4, -0.2) is 31.9 Å². The molecule has 1 aromatic rings. The van der Waals surface area contributed by atoms with E-state index in [1.165, 1.54) is 0 Å². The van der Waals surface area contributed by atoms with E-state index in [0.717, 1.165) is 17.7 Å². The summed E-state index contributed by atoms with van der Waals surface area (Å²) in [5, 5.41) is 5.66. The SMILES string of the molecule is CCOc1ccc(NC(=O)NC2CCOC2)cc1CN. The van der Waals surface area contributed by atoms with Gasteiger partial charge in [0.15, 0.2) is 0 Å². The fourth-order valence-corrected chi connectivity index (χ4v) is 2.11. The first-order chi connectivity index (χ1) is 9.72. The molecule has 0 saturated carbocycles. The topological polar surface area (TPSA) is 85.6 Å². The fraction of sp³-hybridized carbons (Fsp3) is 0.500. The Balaban J connectivity index is 1.96. The molecule has 0 spiro atoms. The molecule has 6 nitrogen and oxygen atoms in total. The highest BCUT2D eigenvalue weighted by atomic mass is 16.5. The number of anilines is 1. The number of hydrogen-bond acceptors (Lipinski definition) is 4. The Labute approximate surface area is 118 Å². The number of nitrogens with one attached hydrogen (secondary N) is 2. The van der Waals surface area contributed by atoms with Gasteiger partial charge in [0.25, 0.3) is 0 Å². The van der Waals surface area contributed by atoms with Gasteiger partial charge in [-0.05, 0) is 31.5 Å². The van der Waals surface area contributed by atoms with E-state index in [9.17, 15) is 4.79 Å². The van der Waals surface area contributed by atoms with Crippen molar-refractivity contribution in [2.75, 3.05) is 25.1 Å². The van der Waals surface area contributed by atoms with Crippen molar-refractivity contribution in [3.63, 3.8) is 0 Å². The van der Waals surface area contributed by atoms with Gasteiger partial charge < -0.3 is 25.8 Å². The first kappa shape index (κ1) is 14.6. The zero-order valence-electron chi connectivity index (χ0n) is 11.6. The Bertz CT molecular complexity index is 459. The summed E-state index contributed by atoms with van der Waals surface area (Å²) in [6.07, 6.45) is 0.852. The smallest absolute Gasteiger partial charge is 0.319 e. The number of rotatable bonds is 5. The Morgan fingerprint density at radius 1 is 1.55 bits per heavy atom. The van der Waals surface area contributed by atoms with Crippen molar-refractivity contribution < 1.29 is 14.3 Å². The third kappa shape index (κ3) is 3.85. The van der Waals surface area contributed by atoms with Crippen LogP contribution in [0.1, 0.15) is 18.9 Å². The largest absolute Gasteiger partial charge is 0.494 e. The van der Waals surface area contributed by atoms with E-state index < -0.39 is 0 Å². The Hall–Kier alpha value is -1.79. The fourth-order valence-electron chi connectivity index (χ4n) is 2.11. The maximum atomic E-state index is 11.8. The lowest BCUT2D eigenvalue weighted by molar-refractivity contribution is 0.189. The molecule has 1 fully saturated rings. The van der Waals surface area contributed by atoms with Gasteiger partial charge in [0.05, 0.1) is 19.3 Å². The molecule has 0 bridgehead atoms. The minimum atomic E-state index is -0.229. The number of urea groups is 1. The Kier molecular flexibility index (Phi) is 5.20. The van der Waals surface area contributed by atoms with E-state index in [0.29, 0.717) is 32.1 Å². The number of amides is 2. The van der Waals surface area contributed by atoms with E-state index in [2.05, 4.69) is 10.6 Å². The molecule has 6 heteroatoms. The summed E-state index contributed by atoms with van der Waals surface area (Å²) in [5.74, 6) is 0.755. The zero-order valence-corrected chi connectivity index (χ0v) is 11.6. The molecule has 1 atom stereocenters. The van der Waals surface area contributed by atoms with Crippen molar-refractivity contribution in [3.8, 4) is 5.75 Å². The van der Waals surface area contributed by atoms with Gasteiger partial charge in [-0.1, -0.05) is 0 Å². The maximum absolute atomic E-state index is 11.8. The van der Waals surface area contributed by atoms with E-state index in [4.69, 9.17) is 15.2 Å². The van der Waals surface area contributed by atoms with Crippen LogP contribution in [0.15, 0.2) is 18.2 Å². The van der Waals surface area contributed by atoms with Gasteiger partial charge in [0, 0.05) is 24.4 Å². The van der Waals surface area contributed by atoms with Crippen LogP contribution in [0.2, 0.25) is 0 Å². The van der Waals surface area contributed by atoms with Crippen LogP contribution < -0.4 is 21.1 Å². The van der Waals surface area contributed by atoms with Crippen LogP contribution in [0.5, 0.6) is 5.75 Å². The summed E-state index contributed by atoms with van der Waals surface area (Å²) in [4.78, 5) is 11.8. The van der Waals surface area contributed by atoms with Gasteiger partial charge in [0.1, 0.15) is 5.75 Å². The van der Waals surface area contributed by atoms with Crippen LogP contribution >= 0.6 is 0 Å². The second kappa shape index (κ2) is 7.12. The average molecular weight is 279 g/mol. The molecule has 2 rings (SSSR count). The molecule has 2 amide bonds. The van der Waals surface area contributed by atoms with Gasteiger partial charge in [-0.15, -0.1) is 0 Å². The lowest BCUT2D eigenvalue weighted by Gasteiger charge is -2.14. The molecule has 1 unspecified atom stereocenters. The van der Waals surface area contributed by atoms with Gasteiger partial charge >= 0.3 is 6.03 Å². The lowest BCUT2D eigenvalue weighted by atomic mass is 10.1. The van der Waals surface area contributed by atoms with Crippen LogP contribution in [-0.2, 0) is 11.3 Å². The standard InChI is InChI=1S/C14H21N3O3/c1-2-20-13-4-3-11(7-10(13)8-15)16-14(18)17-12-5-6-19-9-12/h3-4,7,12H,2,5-6,8-9,15H2,1H3,(H2,16,17,18). The lowest BCUT2D eigenvalue weighted by Crippen LogP contribution is -2.38. The molecule has 0 aromatic heterocycles. The van der Waals surface area contributed by atoms with Gasteiger partial charge in [-0.2, -0.15) is 0 Å². The van der Waals surface area contributed by atoms with E-state index in [1.807, 2.05) is 19.1 Å². The van der Waals surface area contributed by atoms with Crippen molar-refractivity contribution in [2.24, 2.45) is 5.73 Å². The number of nitrogens with two attached hydrogens (primary N) is 1. The van der Waals surface area contributed by atoms with Crippen molar-refractivity contribution in [1.82, 2.24) is 5.32 Å². The first-order valence-electron chi connectivity index (χ1n) is 6.84. The number of ether oxygens (including phenoxy) is 2. The Morgan fingerprint density at radius 3 is 3.05 bits per heavy atom. The molecule has 1 aliphatic rings. The quantitative estimate of drug-likeness (QED) is 0.761. The van der Waals surface area contributed by atoms with Crippen molar-refractivity contribution in [2.45, 2.75) is 25.9 Å². The number of hydrogen-bond donors (Lipinski definition) is 3. The first-order valence-corrected chi connectivity index (χ1v) is 6.84. The molecule has 4 N–H and O–H groups in total. The third-order valence-electron chi connectivity index (χ3n) is 3.10. The summed E-state index contributed by atoms with van der Waals surface area (Å²) >= 11 is 0. The molecule has 1 aliphatic heterocycles. The minimum Gasteiger partial charge on any atom is -0.494 e.